The van der Waals surface area contributed by atoms with Crippen LogP contribution in [0, 0.1) is 6.92 Å². The second-order valence-electron chi connectivity index (χ2n) is 9.20. The number of nitrogens with zero attached hydrogens (tertiary/aromatic N) is 3. The predicted octanol–water partition coefficient (Wildman–Crippen LogP) is 6.46. The first-order chi connectivity index (χ1) is 18.5. The number of carbonyl (C=O) groups is 1. The van der Waals surface area contributed by atoms with Gasteiger partial charge in [-0.2, -0.15) is 5.10 Å². The van der Waals surface area contributed by atoms with Crippen molar-refractivity contribution in [1.29, 1.82) is 0 Å². The van der Waals surface area contributed by atoms with Crippen molar-refractivity contribution in [3.05, 3.63) is 101 Å². The minimum Gasteiger partial charge on any atom is -0.497 e. The third kappa shape index (κ3) is 5.69. The number of amides is 1. The fraction of sp³-hybridized carbons (Fsp3) is 0.267. The van der Waals surface area contributed by atoms with Crippen molar-refractivity contribution in [3.63, 3.8) is 0 Å². The Morgan fingerprint density at radius 1 is 1.11 bits per heavy atom. The first kappa shape index (κ1) is 25.8. The molecular formula is C30H30ClN3O4. The van der Waals surface area contributed by atoms with Gasteiger partial charge in [0, 0.05) is 18.7 Å². The second-order valence-corrected chi connectivity index (χ2v) is 9.61. The van der Waals surface area contributed by atoms with Crippen molar-refractivity contribution >= 4 is 17.5 Å². The largest absolute Gasteiger partial charge is 0.497 e. The number of benzene rings is 3. The van der Waals surface area contributed by atoms with Gasteiger partial charge >= 0.3 is 0 Å². The highest BCUT2D eigenvalue weighted by atomic mass is 35.5. The topological polar surface area (TPSA) is 65.8 Å². The lowest BCUT2D eigenvalue weighted by atomic mass is 10.1. The number of halogens is 1. The highest BCUT2D eigenvalue weighted by Crippen LogP contribution is 2.35. The van der Waals surface area contributed by atoms with Gasteiger partial charge in [-0.25, -0.2) is 4.68 Å². The summed E-state index contributed by atoms with van der Waals surface area (Å²) in [5.41, 5.74) is 2.94. The highest BCUT2D eigenvalue weighted by Gasteiger charge is 2.28. The summed E-state index contributed by atoms with van der Waals surface area (Å²) in [5.74, 6) is 1.54. The summed E-state index contributed by atoms with van der Waals surface area (Å²) >= 11 is 6.46. The average Bonchev–Trinajstić information content (AvgIpc) is 3.57. The molecule has 1 unspecified atom stereocenters. The first-order valence-electron chi connectivity index (χ1n) is 12.6. The number of carbonyl (C=O) groups excluding carboxylic acids is 1. The molecule has 2 heterocycles. The predicted molar refractivity (Wildman–Crippen MR) is 147 cm³/mol. The number of hydrogen-bond acceptors (Lipinski definition) is 5. The molecule has 1 amide bonds. The van der Waals surface area contributed by atoms with E-state index < -0.39 is 0 Å². The van der Waals surface area contributed by atoms with E-state index >= 15 is 0 Å². The smallest absolute Gasteiger partial charge is 0.254 e. The molecule has 1 aliphatic heterocycles. The molecule has 4 aromatic rings. The van der Waals surface area contributed by atoms with E-state index in [1.807, 2.05) is 72.5 Å². The Labute approximate surface area is 227 Å². The molecule has 1 atom stereocenters. The Morgan fingerprint density at radius 2 is 1.89 bits per heavy atom. The number of ether oxygens (including phenoxy) is 3. The molecule has 3 aromatic carbocycles. The fourth-order valence-electron chi connectivity index (χ4n) is 4.58. The Kier molecular flexibility index (Phi) is 7.96. The zero-order valence-corrected chi connectivity index (χ0v) is 22.2. The van der Waals surface area contributed by atoms with Gasteiger partial charge in [-0.05, 0) is 62.2 Å². The van der Waals surface area contributed by atoms with Crippen LogP contribution in [0.25, 0.3) is 5.69 Å². The standard InChI is InChI=1S/C30H30ClN3O4/c1-21-26(20-33(19-25-14-9-17-37-25)29(35)22-10-8-13-24(18-22)36-2)30(38-28-16-7-6-15-27(28)31)34(32-21)23-11-4-3-5-12-23/h3-8,10-13,15-16,18,25H,9,14,17,19-20H2,1-2H3. The highest BCUT2D eigenvalue weighted by molar-refractivity contribution is 6.32. The minimum absolute atomic E-state index is 0.0260. The van der Waals surface area contributed by atoms with Gasteiger partial charge in [0.2, 0.25) is 5.88 Å². The quantitative estimate of drug-likeness (QED) is 0.248. The van der Waals surface area contributed by atoms with E-state index in [2.05, 4.69) is 0 Å². The van der Waals surface area contributed by atoms with Crippen LogP contribution in [0.4, 0.5) is 0 Å². The van der Waals surface area contributed by atoms with Crippen molar-refractivity contribution in [2.45, 2.75) is 32.4 Å². The molecule has 1 aromatic heterocycles. The summed E-state index contributed by atoms with van der Waals surface area (Å²) in [6, 6.07) is 24.3. The summed E-state index contributed by atoms with van der Waals surface area (Å²) in [4.78, 5) is 15.7. The Hall–Kier alpha value is -3.81. The van der Waals surface area contributed by atoms with Crippen molar-refractivity contribution in [1.82, 2.24) is 14.7 Å². The SMILES string of the molecule is COc1cccc(C(=O)N(Cc2c(C)nn(-c3ccccc3)c2Oc2ccccc2Cl)CC2CCCO2)c1. The number of methoxy groups -OCH3 is 1. The second kappa shape index (κ2) is 11.7. The molecule has 0 radical (unpaired) electrons. The maximum Gasteiger partial charge on any atom is 0.254 e. The molecule has 5 rings (SSSR count). The monoisotopic (exact) mass is 531 g/mol. The third-order valence-electron chi connectivity index (χ3n) is 6.58. The molecule has 8 heteroatoms. The molecule has 0 bridgehead atoms. The fourth-order valence-corrected chi connectivity index (χ4v) is 4.76. The van der Waals surface area contributed by atoms with Crippen LogP contribution < -0.4 is 9.47 Å². The average molecular weight is 532 g/mol. The van der Waals surface area contributed by atoms with Crippen molar-refractivity contribution in [2.24, 2.45) is 0 Å². The van der Waals surface area contributed by atoms with E-state index in [1.165, 1.54) is 0 Å². The summed E-state index contributed by atoms with van der Waals surface area (Å²) in [7, 11) is 1.59. The normalized spacial score (nSPS) is 14.9. The molecule has 1 fully saturated rings. The lowest BCUT2D eigenvalue weighted by Crippen LogP contribution is -2.37. The van der Waals surface area contributed by atoms with E-state index in [0.717, 1.165) is 29.8 Å². The van der Waals surface area contributed by atoms with Crippen LogP contribution in [0.1, 0.15) is 34.5 Å². The zero-order valence-electron chi connectivity index (χ0n) is 21.5. The summed E-state index contributed by atoms with van der Waals surface area (Å²) in [5, 5.41) is 5.30. The van der Waals surface area contributed by atoms with Crippen LogP contribution in [-0.2, 0) is 11.3 Å². The van der Waals surface area contributed by atoms with Crippen LogP contribution in [0.15, 0.2) is 78.9 Å². The Bertz CT molecular complexity index is 1400. The van der Waals surface area contributed by atoms with Gasteiger partial charge in [0.15, 0.2) is 0 Å². The van der Waals surface area contributed by atoms with Gasteiger partial charge < -0.3 is 19.1 Å². The van der Waals surface area contributed by atoms with Crippen molar-refractivity contribution in [3.8, 4) is 23.1 Å². The number of hydrogen-bond donors (Lipinski definition) is 0. The van der Waals surface area contributed by atoms with Gasteiger partial charge in [-0.1, -0.05) is 48.0 Å². The molecule has 7 nitrogen and oxygen atoms in total. The molecule has 0 N–H and O–H groups in total. The molecule has 1 aliphatic rings. The first-order valence-corrected chi connectivity index (χ1v) is 13.0. The summed E-state index contributed by atoms with van der Waals surface area (Å²) in [6.45, 7) is 3.37. The Balaban J connectivity index is 1.56. The lowest BCUT2D eigenvalue weighted by Gasteiger charge is -2.26. The zero-order chi connectivity index (χ0) is 26.5. The van der Waals surface area contributed by atoms with Crippen LogP contribution in [-0.4, -0.2) is 47.0 Å². The minimum atomic E-state index is -0.116. The summed E-state index contributed by atoms with van der Waals surface area (Å²) in [6.07, 6.45) is 1.87. The molecule has 1 saturated heterocycles. The van der Waals surface area contributed by atoms with Crippen LogP contribution in [0.3, 0.4) is 0 Å². The third-order valence-corrected chi connectivity index (χ3v) is 6.89. The van der Waals surface area contributed by atoms with Gasteiger partial charge in [-0.3, -0.25) is 4.79 Å². The van der Waals surface area contributed by atoms with Gasteiger partial charge in [0.25, 0.3) is 5.91 Å². The van der Waals surface area contributed by atoms with E-state index in [-0.39, 0.29) is 18.6 Å². The van der Waals surface area contributed by atoms with E-state index in [9.17, 15) is 4.79 Å². The van der Waals surface area contributed by atoms with Crippen molar-refractivity contribution < 1.29 is 19.0 Å². The maximum atomic E-state index is 13.8. The maximum absolute atomic E-state index is 13.8. The lowest BCUT2D eigenvalue weighted by molar-refractivity contribution is 0.0505. The molecule has 0 spiro atoms. The number of para-hydroxylation sites is 2. The number of rotatable bonds is 9. The molecule has 0 aliphatic carbocycles. The van der Waals surface area contributed by atoms with Gasteiger partial charge in [0.1, 0.15) is 11.5 Å². The van der Waals surface area contributed by atoms with Crippen LogP contribution in [0.5, 0.6) is 17.4 Å². The molecule has 0 saturated carbocycles. The van der Waals surface area contributed by atoms with Crippen LogP contribution in [0.2, 0.25) is 5.02 Å². The van der Waals surface area contributed by atoms with Gasteiger partial charge in [0.05, 0.1) is 41.7 Å². The van der Waals surface area contributed by atoms with E-state index in [0.29, 0.717) is 41.1 Å². The van der Waals surface area contributed by atoms with E-state index in [4.69, 9.17) is 30.9 Å². The molecular weight excluding hydrogens is 502 g/mol. The molecule has 196 valence electrons. The van der Waals surface area contributed by atoms with Crippen molar-refractivity contribution in [2.75, 3.05) is 20.3 Å². The number of aromatic nitrogens is 2. The van der Waals surface area contributed by atoms with E-state index in [1.54, 1.807) is 30.0 Å². The van der Waals surface area contributed by atoms with Crippen LogP contribution >= 0.6 is 11.6 Å². The number of aryl methyl sites for hydroxylation is 1. The Morgan fingerprint density at radius 3 is 2.63 bits per heavy atom. The molecule has 38 heavy (non-hydrogen) atoms. The van der Waals surface area contributed by atoms with Gasteiger partial charge in [-0.15, -0.1) is 0 Å². The summed E-state index contributed by atoms with van der Waals surface area (Å²) < 4.78 is 19.5.